The molecular weight excluding hydrogens is 226 g/mol. The van der Waals surface area contributed by atoms with Crippen LogP contribution in [0, 0.1) is 0 Å². The topological polar surface area (TPSA) is 76.3 Å². The van der Waals surface area contributed by atoms with E-state index < -0.39 is 9.84 Å². The van der Waals surface area contributed by atoms with E-state index in [0.29, 0.717) is 13.1 Å². The first-order valence-corrected chi connectivity index (χ1v) is 7.02. The van der Waals surface area contributed by atoms with Gasteiger partial charge >= 0.3 is 0 Å². The van der Waals surface area contributed by atoms with Gasteiger partial charge in [-0.25, -0.2) is 8.42 Å². The van der Waals surface area contributed by atoms with Gasteiger partial charge < -0.3 is 10.6 Å². The van der Waals surface area contributed by atoms with Crippen LogP contribution in [0.2, 0.25) is 0 Å². The molecule has 0 aliphatic carbocycles. The number of pyridine rings is 1. The molecule has 0 fully saturated rings. The molecule has 1 heterocycles. The van der Waals surface area contributed by atoms with Crippen LogP contribution in [-0.4, -0.2) is 39.0 Å². The lowest BCUT2D eigenvalue weighted by Crippen LogP contribution is -2.25. The molecule has 5 nitrogen and oxygen atoms in total. The Balaban J connectivity index is 2.69. The molecule has 1 aromatic heterocycles. The predicted octanol–water partition coefficient (Wildman–Crippen LogP) is 0.0211. The first kappa shape index (κ1) is 12.9. The van der Waals surface area contributed by atoms with Gasteiger partial charge in [-0.1, -0.05) is 0 Å². The third kappa shape index (κ3) is 4.16. The normalized spacial score (nSPS) is 11.4. The fourth-order valence-electron chi connectivity index (χ4n) is 1.25. The second-order valence-corrected chi connectivity index (χ2v) is 6.02. The van der Waals surface area contributed by atoms with Gasteiger partial charge in [-0.05, 0) is 12.1 Å². The van der Waals surface area contributed by atoms with E-state index in [-0.39, 0.29) is 5.75 Å². The molecule has 0 aliphatic rings. The number of hydrogen-bond acceptors (Lipinski definition) is 5. The zero-order valence-corrected chi connectivity index (χ0v) is 10.4. The van der Waals surface area contributed by atoms with Gasteiger partial charge in [0.05, 0.1) is 11.4 Å². The van der Waals surface area contributed by atoms with E-state index in [4.69, 9.17) is 5.73 Å². The highest BCUT2D eigenvalue weighted by Gasteiger charge is 2.06. The van der Waals surface area contributed by atoms with Crippen molar-refractivity contribution in [3.8, 4) is 0 Å². The van der Waals surface area contributed by atoms with Crippen molar-refractivity contribution in [2.24, 2.45) is 5.73 Å². The number of nitrogens with two attached hydrogens (primary N) is 1. The average Bonchev–Trinajstić information content (AvgIpc) is 2.25. The van der Waals surface area contributed by atoms with E-state index in [9.17, 15) is 8.42 Å². The highest BCUT2D eigenvalue weighted by atomic mass is 32.2. The maximum atomic E-state index is 11.0. The molecule has 0 unspecified atom stereocenters. The van der Waals surface area contributed by atoms with Crippen LogP contribution in [0.25, 0.3) is 0 Å². The van der Waals surface area contributed by atoms with E-state index >= 15 is 0 Å². The first-order valence-electron chi connectivity index (χ1n) is 4.96. The van der Waals surface area contributed by atoms with Gasteiger partial charge in [-0.15, -0.1) is 0 Å². The summed E-state index contributed by atoms with van der Waals surface area (Å²) in [4.78, 5) is 5.96. The minimum absolute atomic E-state index is 0.143. The standard InChI is InChI=1S/C10H17N3O2S/c1-13(5-6-16(2,14)15)10-3-4-12-9(7-10)8-11/h3-4,7H,5-6,8,11H2,1-2H3. The van der Waals surface area contributed by atoms with Crippen molar-refractivity contribution in [1.29, 1.82) is 0 Å². The van der Waals surface area contributed by atoms with Gasteiger partial charge in [0.25, 0.3) is 0 Å². The molecule has 0 atom stereocenters. The average molecular weight is 243 g/mol. The van der Waals surface area contributed by atoms with Crippen LogP contribution in [-0.2, 0) is 16.4 Å². The molecule has 1 aromatic rings. The van der Waals surface area contributed by atoms with Gasteiger partial charge in [0.15, 0.2) is 0 Å². The Hall–Kier alpha value is -1.14. The summed E-state index contributed by atoms with van der Waals surface area (Å²) in [6, 6.07) is 3.70. The second kappa shape index (κ2) is 5.27. The zero-order valence-electron chi connectivity index (χ0n) is 9.55. The quantitative estimate of drug-likeness (QED) is 0.789. The van der Waals surface area contributed by atoms with Crippen molar-refractivity contribution >= 4 is 15.5 Å². The molecule has 6 heteroatoms. The number of rotatable bonds is 5. The molecule has 0 spiro atoms. The predicted molar refractivity (Wildman–Crippen MR) is 65.1 cm³/mol. The summed E-state index contributed by atoms with van der Waals surface area (Å²) in [7, 11) is -1.08. The van der Waals surface area contributed by atoms with Crippen molar-refractivity contribution in [2.45, 2.75) is 6.54 Å². The highest BCUT2D eigenvalue weighted by Crippen LogP contribution is 2.12. The van der Waals surface area contributed by atoms with Crippen LogP contribution < -0.4 is 10.6 Å². The Morgan fingerprint density at radius 3 is 2.75 bits per heavy atom. The van der Waals surface area contributed by atoms with Crippen LogP contribution in [0.3, 0.4) is 0 Å². The summed E-state index contributed by atoms with van der Waals surface area (Å²) >= 11 is 0. The van der Waals surface area contributed by atoms with Crippen molar-refractivity contribution in [2.75, 3.05) is 30.5 Å². The van der Waals surface area contributed by atoms with E-state index in [1.54, 1.807) is 6.20 Å². The van der Waals surface area contributed by atoms with Gasteiger partial charge in [0.2, 0.25) is 0 Å². The number of hydrogen-bond donors (Lipinski definition) is 1. The monoisotopic (exact) mass is 243 g/mol. The molecule has 0 radical (unpaired) electrons. The fourth-order valence-corrected chi connectivity index (χ4v) is 1.85. The summed E-state index contributed by atoms with van der Waals surface area (Å²) in [5, 5.41) is 0. The van der Waals surface area contributed by atoms with E-state index in [1.807, 2.05) is 24.1 Å². The summed E-state index contributed by atoms with van der Waals surface area (Å²) < 4.78 is 22.1. The molecule has 1 rings (SSSR count). The van der Waals surface area contributed by atoms with Crippen molar-refractivity contribution < 1.29 is 8.42 Å². The van der Waals surface area contributed by atoms with Crippen molar-refractivity contribution in [3.63, 3.8) is 0 Å². The molecule has 0 saturated heterocycles. The summed E-state index contributed by atoms with van der Waals surface area (Å²) in [5.41, 5.74) is 7.21. The molecule has 0 aliphatic heterocycles. The number of nitrogens with zero attached hydrogens (tertiary/aromatic N) is 2. The van der Waals surface area contributed by atoms with Crippen LogP contribution in [0.15, 0.2) is 18.3 Å². The highest BCUT2D eigenvalue weighted by molar-refractivity contribution is 7.90. The lowest BCUT2D eigenvalue weighted by atomic mass is 10.3. The van der Waals surface area contributed by atoms with Crippen LogP contribution in [0.4, 0.5) is 5.69 Å². The summed E-state index contributed by atoms with van der Waals surface area (Å²) in [6.07, 6.45) is 2.91. The van der Waals surface area contributed by atoms with E-state index in [2.05, 4.69) is 4.98 Å². The van der Waals surface area contributed by atoms with E-state index in [0.717, 1.165) is 11.4 Å². The molecule has 0 amide bonds. The number of aromatic nitrogens is 1. The van der Waals surface area contributed by atoms with E-state index in [1.165, 1.54) is 6.26 Å². The molecule has 2 N–H and O–H groups in total. The van der Waals surface area contributed by atoms with Gasteiger partial charge in [0.1, 0.15) is 9.84 Å². The molecular formula is C10H17N3O2S. The van der Waals surface area contributed by atoms with Crippen molar-refractivity contribution in [3.05, 3.63) is 24.0 Å². The van der Waals surface area contributed by atoms with Crippen LogP contribution in [0.1, 0.15) is 5.69 Å². The lowest BCUT2D eigenvalue weighted by Gasteiger charge is -2.18. The first-order chi connectivity index (χ1) is 7.42. The zero-order chi connectivity index (χ0) is 12.2. The minimum Gasteiger partial charge on any atom is -0.373 e. The Labute approximate surface area is 96.2 Å². The van der Waals surface area contributed by atoms with Gasteiger partial charge in [-0.3, -0.25) is 4.98 Å². The molecule has 0 bridgehead atoms. The third-order valence-corrected chi connectivity index (χ3v) is 3.17. The SMILES string of the molecule is CN(CCS(C)(=O)=O)c1ccnc(CN)c1. The summed E-state index contributed by atoms with van der Waals surface area (Å²) in [6.45, 7) is 0.848. The Kier molecular flexibility index (Phi) is 4.26. The number of sulfone groups is 1. The lowest BCUT2D eigenvalue weighted by molar-refractivity contribution is 0.601. The molecule has 16 heavy (non-hydrogen) atoms. The van der Waals surface area contributed by atoms with Crippen LogP contribution >= 0.6 is 0 Å². The maximum Gasteiger partial charge on any atom is 0.149 e. The number of anilines is 1. The third-order valence-electron chi connectivity index (χ3n) is 2.25. The smallest absolute Gasteiger partial charge is 0.149 e. The van der Waals surface area contributed by atoms with Gasteiger partial charge in [0, 0.05) is 38.3 Å². The Morgan fingerprint density at radius 1 is 1.50 bits per heavy atom. The molecule has 90 valence electrons. The van der Waals surface area contributed by atoms with Crippen molar-refractivity contribution in [1.82, 2.24) is 4.98 Å². The molecule has 0 aromatic carbocycles. The van der Waals surface area contributed by atoms with Crippen LogP contribution in [0.5, 0.6) is 0 Å². The second-order valence-electron chi connectivity index (χ2n) is 3.76. The fraction of sp³-hybridized carbons (Fsp3) is 0.500. The largest absolute Gasteiger partial charge is 0.373 e. The Bertz CT molecular complexity index is 445. The molecule has 0 saturated carbocycles. The van der Waals surface area contributed by atoms with Gasteiger partial charge in [-0.2, -0.15) is 0 Å². The Morgan fingerprint density at radius 2 is 2.19 bits per heavy atom. The summed E-state index contributed by atoms with van der Waals surface area (Å²) in [5.74, 6) is 0.143. The minimum atomic E-state index is -2.92. The maximum absolute atomic E-state index is 11.0.